The summed E-state index contributed by atoms with van der Waals surface area (Å²) in [6.45, 7) is 9.62. The molecule has 2 aromatic rings. The van der Waals surface area contributed by atoms with Gasteiger partial charge in [0.1, 0.15) is 0 Å². The molecular weight excluding hydrogens is 314 g/mol. The second-order valence-electron chi connectivity index (χ2n) is 5.93. The van der Waals surface area contributed by atoms with Crippen LogP contribution in [0.1, 0.15) is 30.4 Å². The van der Waals surface area contributed by atoms with Crippen molar-refractivity contribution in [1.29, 1.82) is 0 Å². The summed E-state index contributed by atoms with van der Waals surface area (Å²) in [5, 5.41) is 12.3. The Morgan fingerprint density at radius 2 is 2.09 bits per heavy atom. The van der Waals surface area contributed by atoms with Crippen molar-refractivity contribution in [3.05, 3.63) is 34.4 Å². The van der Waals surface area contributed by atoms with Gasteiger partial charge in [0.25, 0.3) is 0 Å². The summed E-state index contributed by atoms with van der Waals surface area (Å²) < 4.78 is 3.69. The number of hydrogen-bond donors (Lipinski definition) is 1. The van der Waals surface area contributed by atoms with Gasteiger partial charge in [-0.2, -0.15) is 10.2 Å². The molecule has 1 atom stereocenters. The Kier molecular flexibility index (Phi) is 5.82. The Bertz CT molecular complexity index is 676. The fourth-order valence-electron chi connectivity index (χ4n) is 2.41. The molecule has 0 aliphatic heterocycles. The summed E-state index contributed by atoms with van der Waals surface area (Å²) in [5.41, 5.74) is 2.70. The number of hydrogen-bond acceptors (Lipinski definition) is 3. The molecule has 0 aliphatic rings. The van der Waals surface area contributed by atoms with Gasteiger partial charge in [-0.3, -0.25) is 14.2 Å². The Hall–Kier alpha value is -1.82. The van der Waals surface area contributed by atoms with E-state index in [9.17, 15) is 4.79 Å². The van der Waals surface area contributed by atoms with Gasteiger partial charge >= 0.3 is 0 Å². The van der Waals surface area contributed by atoms with E-state index in [1.807, 2.05) is 44.6 Å². The topological polar surface area (TPSA) is 64.7 Å². The van der Waals surface area contributed by atoms with E-state index in [1.54, 1.807) is 4.68 Å². The van der Waals surface area contributed by atoms with Crippen LogP contribution in [-0.2, 0) is 17.9 Å². The van der Waals surface area contributed by atoms with Crippen LogP contribution in [0.3, 0.4) is 0 Å². The molecule has 0 bridgehead atoms. The van der Waals surface area contributed by atoms with Crippen LogP contribution in [-0.4, -0.2) is 32.0 Å². The first-order chi connectivity index (χ1) is 10.9. The lowest BCUT2D eigenvalue weighted by atomic mass is 10.1. The maximum Gasteiger partial charge on any atom is 0.224 e. The summed E-state index contributed by atoms with van der Waals surface area (Å²) >= 11 is 6.13. The average Bonchev–Trinajstić information content (AvgIpc) is 3.03. The third-order valence-corrected chi connectivity index (χ3v) is 4.37. The van der Waals surface area contributed by atoms with Crippen molar-refractivity contribution >= 4 is 17.5 Å². The molecule has 2 aromatic heterocycles. The van der Waals surface area contributed by atoms with Crippen LogP contribution < -0.4 is 5.32 Å². The predicted octanol–water partition coefficient (Wildman–Crippen LogP) is 2.50. The Morgan fingerprint density at radius 1 is 1.35 bits per heavy atom. The average molecular weight is 338 g/mol. The first-order valence-electron chi connectivity index (χ1n) is 7.85. The first kappa shape index (κ1) is 17.5. The van der Waals surface area contributed by atoms with E-state index in [1.165, 1.54) is 0 Å². The molecule has 2 rings (SSSR count). The van der Waals surface area contributed by atoms with Crippen LogP contribution >= 0.6 is 11.6 Å². The Morgan fingerprint density at radius 3 is 2.65 bits per heavy atom. The molecule has 0 aliphatic carbocycles. The van der Waals surface area contributed by atoms with Gasteiger partial charge in [-0.15, -0.1) is 0 Å². The molecule has 7 heteroatoms. The molecule has 0 fully saturated rings. The number of amides is 1. The summed E-state index contributed by atoms with van der Waals surface area (Å²) in [5.74, 6) is -0.124. The van der Waals surface area contributed by atoms with Crippen LogP contribution in [0.15, 0.2) is 12.3 Å². The van der Waals surface area contributed by atoms with Crippen molar-refractivity contribution in [3.63, 3.8) is 0 Å². The first-order valence-corrected chi connectivity index (χ1v) is 8.23. The van der Waals surface area contributed by atoms with Gasteiger partial charge in [0.2, 0.25) is 5.91 Å². The van der Waals surface area contributed by atoms with Crippen LogP contribution in [0.2, 0.25) is 5.02 Å². The third kappa shape index (κ3) is 4.58. The highest BCUT2D eigenvalue weighted by Crippen LogP contribution is 2.19. The summed E-state index contributed by atoms with van der Waals surface area (Å²) in [6, 6.07) is 1.97. The highest BCUT2D eigenvalue weighted by molar-refractivity contribution is 6.31. The van der Waals surface area contributed by atoms with Crippen molar-refractivity contribution in [2.45, 2.75) is 47.2 Å². The number of nitrogens with zero attached hydrogens (tertiary/aromatic N) is 4. The van der Waals surface area contributed by atoms with Crippen LogP contribution in [0, 0.1) is 26.7 Å². The van der Waals surface area contributed by atoms with Crippen LogP contribution in [0.5, 0.6) is 0 Å². The minimum Gasteiger partial charge on any atom is -0.356 e. The predicted molar refractivity (Wildman–Crippen MR) is 90.5 cm³/mol. The van der Waals surface area contributed by atoms with E-state index in [-0.39, 0.29) is 11.8 Å². The maximum absolute atomic E-state index is 12.2. The van der Waals surface area contributed by atoms with E-state index in [4.69, 9.17) is 11.6 Å². The summed E-state index contributed by atoms with van der Waals surface area (Å²) in [7, 11) is 0. The number of aryl methyl sites for hydroxylation is 3. The van der Waals surface area contributed by atoms with Crippen molar-refractivity contribution in [2.24, 2.45) is 5.92 Å². The zero-order chi connectivity index (χ0) is 17.0. The number of carbonyl (C=O) groups is 1. The van der Waals surface area contributed by atoms with Gasteiger partial charge in [0.15, 0.2) is 0 Å². The molecule has 0 radical (unpaired) electrons. The molecule has 23 heavy (non-hydrogen) atoms. The van der Waals surface area contributed by atoms with Crippen molar-refractivity contribution in [3.8, 4) is 0 Å². The molecule has 1 N–H and O–H groups in total. The Balaban J connectivity index is 1.75. The molecule has 1 amide bonds. The van der Waals surface area contributed by atoms with E-state index in [0.717, 1.165) is 30.0 Å². The summed E-state index contributed by atoms with van der Waals surface area (Å²) in [4.78, 5) is 12.2. The smallest absolute Gasteiger partial charge is 0.224 e. The zero-order valence-corrected chi connectivity index (χ0v) is 14.9. The van der Waals surface area contributed by atoms with Gasteiger partial charge in [0.05, 0.1) is 34.6 Å². The van der Waals surface area contributed by atoms with E-state index in [2.05, 4.69) is 15.5 Å². The maximum atomic E-state index is 12.2. The fourth-order valence-corrected chi connectivity index (χ4v) is 2.55. The normalized spacial score (nSPS) is 12.4. The lowest BCUT2D eigenvalue weighted by Gasteiger charge is -2.13. The van der Waals surface area contributed by atoms with E-state index in [0.29, 0.717) is 18.1 Å². The van der Waals surface area contributed by atoms with Crippen molar-refractivity contribution < 1.29 is 4.79 Å². The van der Waals surface area contributed by atoms with Crippen LogP contribution in [0.4, 0.5) is 0 Å². The van der Waals surface area contributed by atoms with Gasteiger partial charge < -0.3 is 5.32 Å². The number of aromatic nitrogens is 4. The molecule has 0 saturated carbocycles. The molecule has 126 valence electrons. The standard InChI is InChI=1S/C16H24ClN5O/c1-11(10-22-14(4)15(17)13(3)20-22)16(23)18-7-5-8-21-9-6-12(2)19-21/h6,9,11H,5,7-8,10H2,1-4H3,(H,18,23). The summed E-state index contributed by atoms with van der Waals surface area (Å²) in [6.07, 6.45) is 2.80. The molecule has 0 aromatic carbocycles. The molecule has 0 spiro atoms. The minimum atomic E-state index is -0.156. The lowest BCUT2D eigenvalue weighted by molar-refractivity contribution is -0.124. The van der Waals surface area contributed by atoms with E-state index < -0.39 is 0 Å². The zero-order valence-electron chi connectivity index (χ0n) is 14.1. The molecular formula is C16H24ClN5O. The molecule has 0 saturated heterocycles. The quantitative estimate of drug-likeness (QED) is 0.789. The number of nitrogens with one attached hydrogen (secondary N) is 1. The fraction of sp³-hybridized carbons (Fsp3) is 0.562. The second-order valence-corrected chi connectivity index (χ2v) is 6.31. The number of halogens is 1. The molecule has 6 nitrogen and oxygen atoms in total. The number of rotatable bonds is 7. The SMILES string of the molecule is Cc1ccn(CCCNC(=O)C(C)Cn2nc(C)c(Cl)c2C)n1. The van der Waals surface area contributed by atoms with Gasteiger partial charge in [-0.05, 0) is 33.3 Å². The Labute approximate surface area is 141 Å². The highest BCUT2D eigenvalue weighted by atomic mass is 35.5. The largest absolute Gasteiger partial charge is 0.356 e. The highest BCUT2D eigenvalue weighted by Gasteiger charge is 2.16. The molecule has 1 unspecified atom stereocenters. The second kappa shape index (κ2) is 7.64. The van der Waals surface area contributed by atoms with Gasteiger partial charge in [0, 0.05) is 19.3 Å². The van der Waals surface area contributed by atoms with Crippen LogP contribution in [0.25, 0.3) is 0 Å². The van der Waals surface area contributed by atoms with Gasteiger partial charge in [-0.25, -0.2) is 0 Å². The minimum absolute atomic E-state index is 0.0327. The van der Waals surface area contributed by atoms with Gasteiger partial charge in [-0.1, -0.05) is 18.5 Å². The third-order valence-electron chi connectivity index (χ3n) is 3.82. The lowest BCUT2D eigenvalue weighted by Crippen LogP contribution is -2.33. The van der Waals surface area contributed by atoms with Crippen molar-refractivity contribution in [2.75, 3.05) is 6.54 Å². The van der Waals surface area contributed by atoms with Crippen molar-refractivity contribution in [1.82, 2.24) is 24.9 Å². The van der Waals surface area contributed by atoms with E-state index >= 15 is 0 Å². The molecule has 2 heterocycles. The monoisotopic (exact) mass is 337 g/mol. The number of carbonyl (C=O) groups excluding carboxylic acids is 1.